The minimum absolute atomic E-state index is 0.600. The molecule has 0 amide bonds. The van der Waals surface area contributed by atoms with Gasteiger partial charge < -0.3 is 9.30 Å². The molecule has 0 radical (unpaired) electrons. The first-order chi connectivity index (χ1) is 31.8. The normalized spacial score (nSPS) is 13.2. The fourth-order valence-corrected chi connectivity index (χ4v) is 11.0. The molecule has 1 aliphatic carbocycles. The Labute approximate surface area is 368 Å². The molecule has 0 N–H and O–H groups in total. The Morgan fingerprint density at radius 3 is 1.70 bits per heavy atom. The van der Waals surface area contributed by atoms with Crippen molar-refractivity contribution in [3.63, 3.8) is 0 Å². The summed E-state index contributed by atoms with van der Waals surface area (Å²) in [5.41, 5.74) is 15.8. The molecule has 298 valence electrons. The van der Waals surface area contributed by atoms with Gasteiger partial charge in [-0.05, 0) is 76.9 Å². The van der Waals surface area contributed by atoms with E-state index in [1.165, 1.54) is 27.6 Å². The summed E-state index contributed by atoms with van der Waals surface area (Å²) in [5.74, 6) is 2.36. The van der Waals surface area contributed by atoms with Crippen LogP contribution in [0.15, 0.2) is 218 Å². The number of hydrogen-bond acceptors (Lipinski definition) is 3. The number of hydrogen-bond donors (Lipinski definition) is 0. The highest BCUT2D eigenvalue weighted by Crippen LogP contribution is 2.62. The van der Waals surface area contributed by atoms with Gasteiger partial charge in [-0.1, -0.05) is 164 Å². The number of ether oxygens (including phenoxy) is 1. The number of aromatic nitrogens is 4. The number of nitrogens with zero attached hydrogens (tertiary/aromatic N) is 4. The van der Waals surface area contributed by atoms with E-state index in [1.54, 1.807) is 0 Å². The predicted molar refractivity (Wildman–Crippen MR) is 259 cm³/mol. The van der Waals surface area contributed by atoms with Crippen LogP contribution in [0.25, 0.3) is 88.9 Å². The Kier molecular flexibility index (Phi) is 7.26. The monoisotopic (exact) mass is 816 g/mol. The lowest BCUT2D eigenvalue weighted by Crippen LogP contribution is -2.32. The fourth-order valence-electron chi connectivity index (χ4n) is 11.0. The van der Waals surface area contributed by atoms with E-state index < -0.39 is 5.41 Å². The highest BCUT2D eigenvalue weighted by molar-refractivity contribution is 6.26. The molecule has 0 bridgehead atoms. The van der Waals surface area contributed by atoms with Crippen LogP contribution in [0.2, 0.25) is 0 Å². The van der Waals surface area contributed by atoms with Crippen molar-refractivity contribution in [2.24, 2.45) is 0 Å². The van der Waals surface area contributed by atoms with E-state index >= 15 is 0 Å². The number of benzene rings is 9. The lowest BCUT2D eigenvalue weighted by Gasteiger charge is -2.39. The van der Waals surface area contributed by atoms with Crippen molar-refractivity contribution in [1.82, 2.24) is 19.1 Å². The molecule has 0 atom stereocenters. The Bertz CT molecular complexity index is 3840. The van der Waals surface area contributed by atoms with Gasteiger partial charge in [0, 0.05) is 49.5 Å². The van der Waals surface area contributed by atoms with Crippen molar-refractivity contribution < 1.29 is 4.74 Å². The summed E-state index contributed by atoms with van der Waals surface area (Å²) in [6.45, 7) is 0. The third kappa shape index (κ3) is 4.72. The maximum Gasteiger partial charge on any atom is 0.235 e. The second kappa shape index (κ2) is 13.2. The standard InChI is InChI=1S/C59H36N4O/c1-3-17-37(18-4-1)49-36-50(38-31-32-41-40-21-7-10-24-45(40)59(48(41)35-38)46-25-11-15-29-54(46)64-55-30-16-12-26-47(55)59)61-58(60-49)63-51-27-13-8-22-42(51)43-33-34-53-56(57(43)63)44-23-9-14-28-52(44)62(53)39-19-5-2-6-20-39/h1-36H. The second-order valence-electron chi connectivity index (χ2n) is 16.9. The van der Waals surface area contributed by atoms with Gasteiger partial charge in [0.2, 0.25) is 5.95 Å². The number of para-hydroxylation sites is 5. The minimum Gasteiger partial charge on any atom is -0.457 e. The summed E-state index contributed by atoms with van der Waals surface area (Å²) in [4.78, 5) is 11.1. The molecule has 4 heterocycles. The van der Waals surface area contributed by atoms with Crippen LogP contribution in [0, 0.1) is 0 Å². The Morgan fingerprint density at radius 2 is 0.953 bits per heavy atom. The van der Waals surface area contributed by atoms with Crippen molar-refractivity contribution in [3.8, 4) is 56.8 Å². The first-order valence-corrected chi connectivity index (χ1v) is 21.8. The van der Waals surface area contributed by atoms with Crippen LogP contribution in [0.5, 0.6) is 11.5 Å². The summed E-state index contributed by atoms with van der Waals surface area (Å²) in [6, 6.07) is 78.1. The van der Waals surface area contributed by atoms with Gasteiger partial charge in [-0.15, -0.1) is 0 Å². The van der Waals surface area contributed by atoms with E-state index in [-0.39, 0.29) is 0 Å². The van der Waals surface area contributed by atoms with Crippen molar-refractivity contribution in [1.29, 1.82) is 0 Å². The molecule has 5 nitrogen and oxygen atoms in total. The Balaban J connectivity index is 1.08. The van der Waals surface area contributed by atoms with Crippen molar-refractivity contribution in [2.45, 2.75) is 5.41 Å². The molecule has 5 heteroatoms. The molecular weight excluding hydrogens is 781 g/mol. The van der Waals surface area contributed by atoms with Crippen LogP contribution in [0.1, 0.15) is 22.3 Å². The van der Waals surface area contributed by atoms with Gasteiger partial charge >= 0.3 is 0 Å². The largest absolute Gasteiger partial charge is 0.457 e. The average molecular weight is 817 g/mol. The minimum atomic E-state index is -0.600. The molecule has 14 rings (SSSR count). The first kappa shape index (κ1) is 35.1. The van der Waals surface area contributed by atoms with E-state index in [9.17, 15) is 0 Å². The zero-order valence-corrected chi connectivity index (χ0v) is 34.5. The molecular formula is C59H36N4O. The van der Waals surface area contributed by atoms with Gasteiger partial charge in [-0.25, -0.2) is 9.97 Å². The number of fused-ring (bicyclic) bond motifs is 16. The van der Waals surface area contributed by atoms with Gasteiger partial charge in [0.05, 0.1) is 38.9 Å². The smallest absolute Gasteiger partial charge is 0.235 e. The van der Waals surface area contributed by atoms with E-state index in [2.05, 4.69) is 228 Å². The van der Waals surface area contributed by atoms with Gasteiger partial charge in [0.1, 0.15) is 11.5 Å². The fraction of sp³-hybridized carbons (Fsp3) is 0.0169. The lowest BCUT2D eigenvalue weighted by molar-refractivity contribution is 0.436. The molecule has 0 fully saturated rings. The summed E-state index contributed by atoms with van der Waals surface area (Å²) < 4.78 is 11.3. The summed E-state index contributed by atoms with van der Waals surface area (Å²) in [7, 11) is 0. The van der Waals surface area contributed by atoms with Crippen molar-refractivity contribution in [3.05, 3.63) is 241 Å². The van der Waals surface area contributed by atoms with Gasteiger partial charge in [-0.3, -0.25) is 4.57 Å². The van der Waals surface area contributed by atoms with Crippen LogP contribution >= 0.6 is 0 Å². The lowest BCUT2D eigenvalue weighted by atomic mass is 9.66. The average Bonchev–Trinajstić information content (AvgIpc) is 3.99. The predicted octanol–water partition coefficient (Wildman–Crippen LogP) is 14.5. The summed E-state index contributed by atoms with van der Waals surface area (Å²) in [5, 5.41) is 4.65. The van der Waals surface area contributed by atoms with Crippen LogP contribution in [0.3, 0.4) is 0 Å². The number of rotatable bonds is 4. The molecule has 12 aromatic rings. The van der Waals surface area contributed by atoms with Gasteiger partial charge in [0.15, 0.2) is 0 Å². The van der Waals surface area contributed by atoms with E-state index in [0.717, 1.165) is 89.1 Å². The zero-order chi connectivity index (χ0) is 41.9. The first-order valence-electron chi connectivity index (χ1n) is 21.8. The summed E-state index contributed by atoms with van der Waals surface area (Å²) in [6.07, 6.45) is 0. The molecule has 1 spiro atoms. The third-order valence-electron chi connectivity index (χ3n) is 13.6. The molecule has 9 aromatic carbocycles. The van der Waals surface area contributed by atoms with Gasteiger partial charge in [-0.2, -0.15) is 0 Å². The van der Waals surface area contributed by atoms with Crippen LogP contribution < -0.4 is 4.74 Å². The maximum atomic E-state index is 6.66. The Hall–Kier alpha value is -8.54. The molecule has 0 saturated carbocycles. The molecule has 64 heavy (non-hydrogen) atoms. The quantitative estimate of drug-likeness (QED) is 0.178. The van der Waals surface area contributed by atoms with Crippen LogP contribution in [-0.2, 0) is 5.41 Å². The molecule has 3 aromatic heterocycles. The van der Waals surface area contributed by atoms with E-state index in [4.69, 9.17) is 14.7 Å². The van der Waals surface area contributed by atoms with Crippen LogP contribution in [0.4, 0.5) is 0 Å². The maximum absolute atomic E-state index is 6.66. The highest BCUT2D eigenvalue weighted by Gasteiger charge is 2.51. The van der Waals surface area contributed by atoms with E-state index in [1.807, 2.05) is 0 Å². The van der Waals surface area contributed by atoms with Crippen LogP contribution in [-0.4, -0.2) is 19.1 Å². The summed E-state index contributed by atoms with van der Waals surface area (Å²) >= 11 is 0. The van der Waals surface area contributed by atoms with Crippen molar-refractivity contribution >= 4 is 43.6 Å². The van der Waals surface area contributed by atoms with Crippen molar-refractivity contribution in [2.75, 3.05) is 0 Å². The molecule has 0 saturated heterocycles. The second-order valence-corrected chi connectivity index (χ2v) is 16.9. The van der Waals surface area contributed by atoms with E-state index in [0.29, 0.717) is 5.95 Å². The highest BCUT2D eigenvalue weighted by atomic mass is 16.5. The SMILES string of the molecule is c1ccc(-c2cc(-c3ccc4c(c3)C3(c5ccccc5Oc5ccccc53)c3ccccc3-4)nc(-n3c4ccccc4c4ccc5c(c6ccccc6n5-c5ccccc5)c43)n2)cc1. The molecule has 0 unspecified atom stereocenters. The molecule has 1 aliphatic heterocycles. The third-order valence-corrected chi connectivity index (χ3v) is 13.6. The molecule has 2 aliphatic rings. The Morgan fingerprint density at radius 1 is 0.375 bits per heavy atom. The van der Waals surface area contributed by atoms with Gasteiger partial charge in [0.25, 0.3) is 0 Å². The topological polar surface area (TPSA) is 44.9 Å². The zero-order valence-electron chi connectivity index (χ0n) is 34.5.